The van der Waals surface area contributed by atoms with Crippen molar-refractivity contribution in [2.75, 3.05) is 0 Å². The van der Waals surface area contributed by atoms with Crippen molar-refractivity contribution in [1.29, 1.82) is 0 Å². The van der Waals surface area contributed by atoms with Crippen LogP contribution in [0.5, 0.6) is 0 Å². The number of rotatable bonds is 3. The Morgan fingerprint density at radius 2 is 2.29 bits per heavy atom. The minimum Gasteiger partial charge on any atom is -0.359 e. The third-order valence-corrected chi connectivity index (χ3v) is 3.01. The topological polar surface area (TPSA) is 43.2 Å². The molecule has 1 fully saturated rings. The summed E-state index contributed by atoms with van der Waals surface area (Å²) >= 11 is 0. The summed E-state index contributed by atoms with van der Waals surface area (Å²) in [4.78, 5) is 3.87. The van der Waals surface area contributed by atoms with Crippen molar-refractivity contribution in [2.24, 2.45) is 0 Å². The van der Waals surface area contributed by atoms with Crippen LogP contribution < -0.4 is 0 Å². The summed E-state index contributed by atoms with van der Waals surface area (Å²) in [5.74, 6) is -0.222. The number of ether oxygens (including phenoxy) is 1. The molecule has 0 unspecified atom stereocenters. The van der Waals surface area contributed by atoms with Gasteiger partial charge in [-0.3, -0.25) is 0 Å². The fourth-order valence-electron chi connectivity index (χ4n) is 2.07. The molecule has 17 heavy (non-hydrogen) atoms. The molecule has 0 aliphatic carbocycles. The number of hydrogen-bond acceptors (Lipinski definition) is 3. The molecule has 88 valence electrons. The third-order valence-electron chi connectivity index (χ3n) is 3.01. The van der Waals surface area contributed by atoms with Crippen LogP contribution >= 0.6 is 0 Å². The zero-order chi connectivity index (χ0) is 11.9. The smallest absolute Gasteiger partial charge is 0.137 e. The highest BCUT2D eigenvalue weighted by molar-refractivity contribution is 5.27. The Balaban J connectivity index is 1.79. The van der Waals surface area contributed by atoms with E-state index >= 15 is 0 Å². The minimum atomic E-state index is -0.393. The van der Waals surface area contributed by atoms with Crippen LogP contribution in [0.4, 0.5) is 4.39 Å². The molecule has 0 amide bonds. The lowest BCUT2D eigenvalue weighted by Gasteiger charge is -2.06. The van der Waals surface area contributed by atoms with E-state index in [2.05, 4.69) is 10.1 Å². The summed E-state index contributed by atoms with van der Waals surface area (Å²) < 4.78 is 20.9. The van der Waals surface area contributed by atoms with Crippen LogP contribution in [0, 0.1) is 5.82 Å². The molecule has 1 aromatic heterocycles. The quantitative estimate of drug-likeness (QED) is 0.761. The van der Waals surface area contributed by atoms with E-state index in [0.717, 1.165) is 0 Å². The Hall–Kier alpha value is -1.75. The largest absolute Gasteiger partial charge is 0.359 e. The van der Waals surface area contributed by atoms with Crippen LogP contribution in [0.2, 0.25) is 0 Å². The molecule has 2 atom stereocenters. The molecule has 3 rings (SSSR count). The van der Waals surface area contributed by atoms with E-state index in [-0.39, 0.29) is 11.9 Å². The molecule has 1 aliphatic rings. The van der Waals surface area contributed by atoms with E-state index in [1.807, 2.05) is 13.0 Å². The number of epoxide rings is 1. The number of benzene rings is 1. The predicted octanol–water partition coefficient (Wildman–Crippen LogP) is 1.95. The predicted molar refractivity (Wildman–Crippen MR) is 58.7 cm³/mol. The van der Waals surface area contributed by atoms with Gasteiger partial charge in [-0.15, -0.1) is 0 Å². The average Bonchev–Trinajstić information content (AvgIpc) is 2.74. The first kappa shape index (κ1) is 10.4. The second kappa shape index (κ2) is 3.63. The molecule has 1 aliphatic heterocycles. The van der Waals surface area contributed by atoms with E-state index in [4.69, 9.17) is 4.74 Å². The molecule has 0 saturated carbocycles. The van der Waals surface area contributed by atoms with Gasteiger partial charge < -0.3 is 4.74 Å². The van der Waals surface area contributed by atoms with E-state index in [1.54, 1.807) is 23.1 Å². The SMILES string of the molecule is C[C@@]1(Cn2cncn2)O[C@@H]1c1ccccc1F. The van der Waals surface area contributed by atoms with Gasteiger partial charge in [0.05, 0.1) is 6.54 Å². The van der Waals surface area contributed by atoms with Crippen LogP contribution in [-0.4, -0.2) is 20.4 Å². The van der Waals surface area contributed by atoms with E-state index < -0.39 is 5.60 Å². The van der Waals surface area contributed by atoms with Crippen molar-refractivity contribution in [3.63, 3.8) is 0 Å². The molecule has 0 spiro atoms. The summed E-state index contributed by atoms with van der Waals surface area (Å²) in [5, 5.41) is 4.02. The van der Waals surface area contributed by atoms with Gasteiger partial charge in [-0.1, -0.05) is 18.2 Å². The van der Waals surface area contributed by atoms with Crippen LogP contribution in [0.1, 0.15) is 18.6 Å². The Kier molecular flexibility index (Phi) is 2.22. The summed E-state index contributed by atoms with van der Waals surface area (Å²) in [7, 11) is 0. The first-order valence-corrected chi connectivity index (χ1v) is 5.44. The van der Waals surface area contributed by atoms with Gasteiger partial charge in [0.15, 0.2) is 0 Å². The summed E-state index contributed by atoms with van der Waals surface area (Å²) in [6.45, 7) is 2.53. The van der Waals surface area contributed by atoms with Gasteiger partial charge in [-0.2, -0.15) is 5.10 Å². The van der Waals surface area contributed by atoms with Crippen molar-refractivity contribution in [3.05, 3.63) is 48.3 Å². The summed E-state index contributed by atoms with van der Waals surface area (Å²) in [6.07, 6.45) is 2.91. The molecular formula is C12H12FN3O. The van der Waals surface area contributed by atoms with Crippen LogP contribution in [0.15, 0.2) is 36.9 Å². The monoisotopic (exact) mass is 233 g/mol. The van der Waals surface area contributed by atoms with Crippen molar-refractivity contribution in [2.45, 2.75) is 25.2 Å². The van der Waals surface area contributed by atoms with Crippen molar-refractivity contribution in [1.82, 2.24) is 14.8 Å². The van der Waals surface area contributed by atoms with E-state index in [9.17, 15) is 4.39 Å². The fraction of sp³-hybridized carbons (Fsp3) is 0.333. The molecule has 2 aromatic rings. The average molecular weight is 233 g/mol. The molecule has 4 nitrogen and oxygen atoms in total. The highest BCUT2D eigenvalue weighted by atomic mass is 19.1. The normalized spacial score (nSPS) is 27.1. The lowest BCUT2D eigenvalue weighted by Crippen LogP contribution is -2.17. The number of halogens is 1. The van der Waals surface area contributed by atoms with E-state index in [0.29, 0.717) is 12.1 Å². The molecular weight excluding hydrogens is 221 g/mol. The van der Waals surface area contributed by atoms with Gasteiger partial charge in [-0.05, 0) is 13.0 Å². The second-order valence-electron chi connectivity index (χ2n) is 4.43. The van der Waals surface area contributed by atoms with E-state index in [1.165, 1.54) is 12.4 Å². The second-order valence-corrected chi connectivity index (χ2v) is 4.43. The van der Waals surface area contributed by atoms with Gasteiger partial charge in [-0.25, -0.2) is 14.1 Å². The summed E-state index contributed by atoms with van der Waals surface area (Å²) in [6, 6.07) is 6.70. The van der Waals surface area contributed by atoms with Gasteiger partial charge in [0, 0.05) is 5.56 Å². The van der Waals surface area contributed by atoms with Crippen LogP contribution in [-0.2, 0) is 11.3 Å². The third kappa shape index (κ3) is 1.82. The molecule has 0 radical (unpaired) electrons. The first-order valence-electron chi connectivity index (χ1n) is 5.44. The number of hydrogen-bond donors (Lipinski definition) is 0. The lowest BCUT2D eigenvalue weighted by atomic mass is 10.0. The minimum absolute atomic E-state index is 0.201. The maximum Gasteiger partial charge on any atom is 0.137 e. The fourth-order valence-corrected chi connectivity index (χ4v) is 2.07. The Labute approximate surface area is 98.0 Å². The lowest BCUT2D eigenvalue weighted by molar-refractivity contribution is 0.276. The van der Waals surface area contributed by atoms with Gasteiger partial charge in [0.2, 0.25) is 0 Å². The highest BCUT2D eigenvalue weighted by Gasteiger charge is 2.54. The van der Waals surface area contributed by atoms with Crippen molar-refractivity contribution < 1.29 is 9.13 Å². The van der Waals surface area contributed by atoms with Gasteiger partial charge >= 0.3 is 0 Å². The maximum absolute atomic E-state index is 13.6. The van der Waals surface area contributed by atoms with Crippen molar-refractivity contribution in [3.8, 4) is 0 Å². The maximum atomic E-state index is 13.6. The molecule has 5 heteroatoms. The Bertz CT molecular complexity index is 528. The standard InChI is InChI=1S/C12H12FN3O/c1-12(6-16-8-14-7-15-16)11(17-12)9-4-2-3-5-10(9)13/h2-5,7-8,11H,6H2,1H3/t11-,12+/m1/s1. The molecule has 2 heterocycles. The number of nitrogens with zero attached hydrogens (tertiary/aromatic N) is 3. The molecule has 1 saturated heterocycles. The van der Waals surface area contributed by atoms with Gasteiger partial charge in [0.25, 0.3) is 0 Å². The van der Waals surface area contributed by atoms with Crippen molar-refractivity contribution >= 4 is 0 Å². The molecule has 0 bridgehead atoms. The van der Waals surface area contributed by atoms with Crippen LogP contribution in [0.3, 0.4) is 0 Å². The first-order chi connectivity index (χ1) is 8.19. The molecule has 1 aromatic carbocycles. The number of aromatic nitrogens is 3. The van der Waals surface area contributed by atoms with Crippen LogP contribution in [0.25, 0.3) is 0 Å². The summed E-state index contributed by atoms with van der Waals surface area (Å²) in [5.41, 5.74) is 0.214. The highest BCUT2D eigenvalue weighted by Crippen LogP contribution is 2.50. The zero-order valence-corrected chi connectivity index (χ0v) is 9.38. The Morgan fingerprint density at radius 3 is 3.00 bits per heavy atom. The zero-order valence-electron chi connectivity index (χ0n) is 9.38. The van der Waals surface area contributed by atoms with Gasteiger partial charge in [0.1, 0.15) is 30.2 Å². The Morgan fingerprint density at radius 1 is 1.47 bits per heavy atom. The molecule has 0 N–H and O–H groups in total.